The maximum Gasteiger partial charge on any atom is 0.246 e. The maximum absolute atomic E-state index is 11.4. The van der Waals surface area contributed by atoms with E-state index in [9.17, 15) is 9.90 Å². The Morgan fingerprint density at radius 1 is 1.40 bits per heavy atom. The van der Waals surface area contributed by atoms with Crippen molar-refractivity contribution in [1.82, 2.24) is 5.32 Å². The molecule has 0 unspecified atom stereocenters. The lowest BCUT2D eigenvalue weighted by atomic mass is 9.93. The Morgan fingerprint density at radius 2 is 2.07 bits per heavy atom. The summed E-state index contributed by atoms with van der Waals surface area (Å²) in [4.78, 5) is 11.4. The van der Waals surface area contributed by atoms with Crippen molar-refractivity contribution in [2.75, 3.05) is 13.2 Å². The van der Waals surface area contributed by atoms with Crippen LogP contribution in [0.5, 0.6) is 0 Å². The molecule has 1 aliphatic carbocycles. The van der Waals surface area contributed by atoms with E-state index in [0.29, 0.717) is 6.61 Å². The van der Waals surface area contributed by atoms with Gasteiger partial charge in [-0.3, -0.25) is 4.79 Å². The minimum absolute atomic E-state index is 0.0372. The molecule has 0 saturated heterocycles. The van der Waals surface area contributed by atoms with Crippen LogP contribution >= 0.6 is 0 Å². The highest BCUT2D eigenvalue weighted by molar-refractivity contribution is 5.77. The second-order valence-electron chi connectivity index (χ2n) is 4.13. The predicted molar refractivity (Wildman–Crippen MR) is 57.5 cm³/mol. The zero-order valence-corrected chi connectivity index (χ0v) is 9.37. The van der Waals surface area contributed by atoms with Gasteiger partial charge in [0.05, 0.1) is 6.10 Å². The van der Waals surface area contributed by atoms with Gasteiger partial charge in [-0.2, -0.15) is 0 Å². The van der Waals surface area contributed by atoms with E-state index >= 15 is 0 Å². The first-order chi connectivity index (χ1) is 7.22. The molecular formula is C11H21NO3. The van der Waals surface area contributed by atoms with E-state index in [1.54, 1.807) is 0 Å². The summed E-state index contributed by atoms with van der Waals surface area (Å²) in [5.41, 5.74) is 0. The van der Waals surface area contributed by atoms with E-state index < -0.39 is 0 Å². The van der Waals surface area contributed by atoms with E-state index in [4.69, 9.17) is 4.74 Å². The van der Waals surface area contributed by atoms with Crippen LogP contribution in [-0.2, 0) is 9.53 Å². The second-order valence-corrected chi connectivity index (χ2v) is 4.13. The van der Waals surface area contributed by atoms with Gasteiger partial charge < -0.3 is 15.2 Å². The normalized spacial score (nSPS) is 26.3. The number of ether oxygens (including phenoxy) is 1. The first-order valence-corrected chi connectivity index (χ1v) is 5.77. The minimum Gasteiger partial charge on any atom is -0.393 e. The van der Waals surface area contributed by atoms with Crippen molar-refractivity contribution in [2.24, 2.45) is 0 Å². The van der Waals surface area contributed by atoms with Crippen molar-refractivity contribution in [3.8, 4) is 0 Å². The van der Waals surface area contributed by atoms with E-state index in [1.165, 1.54) is 0 Å². The number of rotatable bonds is 5. The molecule has 1 aliphatic rings. The molecule has 88 valence electrons. The van der Waals surface area contributed by atoms with Crippen molar-refractivity contribution in [3.05, 3.63) is 0 Å². The number of hydrogen-bond donors (Lipinski definition) is 2. The Kier molecular flexibility index (Phi) is 5.65. The van der Waals surface area contributed by atoms with Crippen LogP contribution in [-0.4, -0.2) is 36.4 Å². The van der Waals surface area contributed by atoms with Gasteiger partial charge in [-0.1, -0.05) is 6.92 Å². The second kappa shape index (κ2) is 6.80. The number of hydrogen-bond acceptors (Lipinski definition) is 3. The molecule has 1 fully saturated rings. The smallest absolute Gasteiger partial charge is 0.246 e. The first kappa shape index (κ1) is 12.5. The van der Waals surface area contributed by atoms with Gasteiger partial charge in [-0.05, 0) is 32.1 Å². The Morgan fingerprint density at radius 3 is 2.67 bits per heavy atom. The standard InChI is InChI=1S/C11H21NO3/c1-2-7-15-8-11(14)12-9-3-5-10(13)6-4-9/h9-10,13H,2-8H2,1H3,(H,12,14). The van der Waals surface area contributed by atoms with Gasteiger partial charge in [0, 0.05) is 12.6 Å². The summed E-state index contributed by atoms with van der Waals surface area (Å²) < 4.78 is 5.15. The summed E-state index contributed by atoms with van der Waals surface area (Å²) >= 11 is 0. The van der Waals surface area contributed by atoms with Crippen LogP contribution in [0.4, 0.5) is 0 Å². The topological polar surface area (TPSA) is 58.6 Å². The summed E-state index contributed by atoms with van der Waals surface area (Å²) in [6.45, 7) is 2.81. The van der Waals surface area contributed by atoms with E-state index in [0.717, 1.165) is 32.1 Å². The van der Waals surface area contributed by atoms with Crippen molar-refractivity contribution >= 4 is 5.91 Å². The lowest BCUT2D eigenvalue weighted by molar-refractivity contribution is -0.126. The molecule has 0 heterocycles. The summed E-state index contributed by atoms with van der Waals surface area (Å²) in [5, 5.41) is 12.2. The van der Waals surface area contributed by atoms with Gasteiger partial charge in [0.15, 0.2) is 0 Å². The Labute approximate surface area is 91.0 Å². The molecule has 0 radical (unpaired) electrons. The van der Waals surface area contributed by atoms with E-state index in [2.05, 4.69) is 5.32 Å². The van der Waals surface area contributed by atoms with Gasteiger partial charge in [0.2, 0.25) is 5.91 Å². The highest BCUT2D eigenvalue weighted by Crippen LogP contribution is 2.17. The first-order valence-electron chi connectivity index (χ1n) is 5.77. The van der Waals surface area contributed by atoms with Gasteiger partial charge in [-0.25, -0.2) is 0 Å². The molecule has 2 N–H and O–H groups in total. The lowest BCUT2D eigenvalue weighted by Crippen LogP contribution is -2.40. The molecule has 1 amide bonds. The third-order valence-electron chi connectivity index (χ3n) is 2.64. The highest BCUT2D eigenvalue weighted by atomic mass is 16.5. The summed E-state index contributed by atoms with van der Waals surface area (Å²) in [5.74, 6) is -0.0372. The van der Waals surface area contributed by atoms with Crippen molar-refractivity contribution in [1.29, 1.82) is 0 Å². The number of carbonyl (C=O) groups is 1. The SMILES string of the molecule is CCCOCC(=O)NC1CCC(O)CC1. The van der Waals surface area contributed by atoms with Crippen LogP contribution in [0, 0.1) is 0 Å². The van der Waals surface area contributed by atoms with Crippen LogP contribution in [0.15, 0.2) is 0 Å². The molecule has 0 aromatic heterocycles. The van der Waals surface area contributed by atoms with Crippen LogP contribution in [0.2, 0.25) is 0 Å². The molecule has 1 saturated carbocycles. The average Bonchev–Trinajstić information content (AvgIpc) is 2.22. The van der Waals surface area contributed by atoms with Gasteiger partial charge in [0.1, 0.15) is 6.61 Å². The quantitative estimate of drug-likeness (QED) is 0.668. The Hall–Kier alpha value is -0.610. The molecule has 1 rings (SSSR count). The van der Waals surface area contributed by atoms with Crippen LogP contribution < -0.4 is 5.32 Å². The number of aliphatic hydroxyl groups excluding tert-OH is 1. The Balaban J connectivity index is 2.09. The Bertz CT molecular complexity index is 188. The minimum atomic E-state index is -0.172. The number of aliphatic hydroxyl groups is 1. The van der Waals surface area contributed by atoms with Crippen molar-refractivity contribution in [3.63, 3.8) is 0 Å². The van der Waals surface area contributed by atoms with E-state index in [-0.39, 0.29) is 24.7 Å². The summed E-state index contributed by atoms with van der Waals surface area (Å²) in [6.07, 6.45) is 4.10. The predicted octanol–water partition coefficient (Wildman–Crippen LogP) is 0.833. The maximum atomic E-state index is 11.4. The van der Waals surface area contributed by atoms with Crippen LogP contribution in [0.1, 0.15) is 39.0 Å². The van der Waals surface area contributed by atoms with Gasteiger partial charge >= 0.3 is 0 Å². The number of carbonyl (C=O) groups excluding carboxylic acids is 1. The third kappa shape index (κ3) is 5.14. The zero-order valence-electron chi connectivity index (χ0n) is 9.37. The fourth-order valence-electron chi connectivity index (χ4n) is 1.80. The molecular weight excluding hydrogens is 194 g/mol. The molecule has 4 nitrogen and oxygen atoms in total. The van der Waals surface area contributed by atoms with Crippen LogP contribution in [0.3, 0.4) is 0 Å². The molecule has 0 atom stereocenters. The molecule has 0 aromatic carbocycles. The monoisotopic (exact) mass is 215 g/mol. The van der Waals surface area contributed by atoms with Crippen molar-refractivity contribution < 1.29 is 14.6 Å². The number of nitrogens with one attached hydrogen (secondary N) is 1. The highest BCUT2D eigenvalue weighted by Gasteiger charge is 2.20. The summed E-state index contributed by atoms with van der Waals surface area (Å²) in [7, 11) is 0. The molecule has 0 bridgehead atoms. The lowest BCUT2D eigenvalue weighted by Gasteiger charge is -2.26. The zero-order chi connectivity index (χ0) is 11.1. The summed E-state index contributed by atoms with van der Waals surface area (Å²) in [6, 6.07) is 0.228. The van der Waals surface area contributed by atoms with Gasteiger partial charge in [-0.15, -0.1) is 0 Å². The third-order valence-corrected chi connectivity index (χ3v) is 2.64. The fourth-order valence-corrected chi connectivity index (χ4v) is 1.80. The molecule has 15 heavy (non-hydrogen) atoms. The average molecular weight is 215 g/mol. The van der Waals surface area contributed by atoms with E-state index in [1.807, 2.05) is 6.92 Å². The molecule has 4 heteroatoms. The molecule has 0 aliphatic heterocycles. The van der Waals surface area contributed by atoms with Crippen molar-refractivity contribution in [2.45, 2.75) is 51.2 Å². The fraction of sp³-hybridized carbons (Fsp3) is 0.909. The van der Waals surface area contributed by atoms with Gasteiger partial charge in [0.25, 0.3) is 0 Å². The molecule has 0 spiro atoms. The largest absolute Gasteiger partial charge is 0.393 e. The van der Waals surface area contributed by atoms with Crippen LogP contribution in [0.25, 0.3) is 0 Å². The molecule has 0 aromatic rings. The number of amides is 1.